The van der Waals surface area contributed by atoms with E-state index in [9.17, 15) is 13.2 Å². The molecule has 0 saturated carbocycles. The Morgan fingerprint density at radius 1 is 1.30 bits per heavy atom. The molecule has 2 aliphatic heterocycles. The van der Waals surface area contributed by atoms with Gasteiger partial charge < -0.3 is 4.90 Å². The molecular formula is C15H24N4O3S. The van der Waals surface area contributed by atoms with Gasteiger partial charge in [-0.05, 0) is 38.2 Å². The average Bonchev–Trinajstić information content (AvgIpc) is 3.18. The van der Waals surface area contributed by atoms with Gasteiger partial charge in [0.2, 0.25) is 15.9 Å². The number of likely N-dealkylation sites (tertiary alicyclic amines) is 1. The Morgan fingerprint density at radius 2 is 2.04 bits per heavy atom. The number of sulfonamides is 1. The van der Waals surface area contributed by atoms with Crippen molar-refractivity contribution in [3.63, 3.8) is 0 Å². The summed E-state index contributed by atoms with van der Waals surface area (Å²) in [5.74, 6) is -0.0423. The van der Waals surface area contributed by atoms with E-state index in [0.717, 1.165) is 24.8 Å². The van der Waals surface area contributed by atoms with E-state index in [0.29, 0.717) is 26.1 Å². The molecule has 0 aliphatic carbocycles. The lowest BCUT2D eigenvalue weighted by Crippen LogP contribution is -2.49. The Balaban J connectivity index is 1.73. The van der Waals surface area contributed by atoms with Crippen LogP contribution in [0.2, 0.25) is 0 Å². The molecule has 0 N–H and O–H groups in total. The van der Waals surface area contributed by atoms with Crippen molar-refractivity contribution in [2.45, 2.75) is 51.2 Å². The molecule has 0 bridgehead atoms. The van der Waals surface area contributed by atoms with Crippen molar-refractivity contribution in [2.24, 2.45) is 0 Å². The maximum Gasteiger partial charge on any atom is 0.241 e. The van der Waals surface area contributed by atoms with Crippen molar-refractivity contribution in [3.8, 4) is 0 Å². The third kappa shape index (κ3) is 3.42. The minimum Gasteiger partial charge on any atom is -0.336 e. The molecule has 0 radical (unpaired) electrons. The van der Waals surface area contributed by atoms with Crippen LogP contribution in [0.25, 0.3) is 0 Å². The molecule has 2 fully saturated rings. The summed E-state index contributed by atoms with van der Waals surface area (Å²) in [4.78, 5) is 14.8. The van der Waals surface area contributed by atoms with Gasteiger partial charge in [0.15, 0.2) is 0 Å². The predicted molar refractivity (Wildman–Crippen MR) is 86.3 cm³/mol. The standard InChI is InChI=1S/C15H24N4O3S/c1-12-9-16-17(10-12)11-13-5-3-7-18(13)15(20)14-6-4-8-19(14)23(2,21)22/h9-10,13-14H,3-8,11H2,1-2H3/t13-,14+/m0/s1. The van der Waals surface area contributed by atoms with E-state index in [2.05, 4.69) is 5.10 Å². The Kier molecular flexibility index (Phi) is 4.46. The van der Waals surface area contributed by atoms with Crippen LogP contribution in [0.15, 0.2) is 12.4 Å². The van der Waals surface area contributed by atoms with Gasteiger partial charge >= 0.3 is 0 Å². The van der Waals surface area contributed by atoms with Crippen molar-refractivity contribution < 1.29 is 13.2 Å². The minimum atomic E-state index is -3.33. The number of carbonyl (C=O) groups is 1. The molecule has 128 valence electrons. The molecule has 2 saturated heterocycles. The number of carbonyl (C=O) groups excluding carboxylic acids is 1. The quantitative estimate of drug-likeness (QED) is 0.805. The number of amides is 1. The molecule has 8 heteroatoms. The molecule has 0 unspecified atom stereocenters. The van der Waals surface area contributed by atoms with Crippen LogP contribution in [-0.2, 0) is 21.4 Å². The van der Waals surface area contributed by atoms with Gasteiger partial charge in [0.25, 0.3) is 0 Å². The van der Waals surface area contributed by atoms with Gasteiger partial charge in [-0.15, -0.1) is 0 Å². The van der Waals surface area contributed by atoms with Crippen molar-refractivity contribution in [1.82, 2.24) is 19.0 Å². The number of nitrogens with zero attached hydrogens (tertiary/aromatic N) is 4. The number of hydrogen-bond donors (Lipinski definition) is 0. The molecule has 23 heavy (non-hydrogen) atoms. The van der Waals surface area contributed by atoms with Crippen LogP contribution < -0.4 is 0 Å². The highest BCUT2D eigenvalue weighted by Crippen LogP contribution is 2.26. The zero-order valence-electron chi connectivity index (χ0n) is 13.7. The molecule has 7 nitrogen and oxygen atoms in total. The van der Waals surface area contributed by atoms with E-state index in [1.165, 1.54) is 10.6 Å². The normalized spacial score (nSPS) is 26.1. The molecule has 0 spiro atoms. The Bertz CT molecular complexity index is 685. The zero-order chi connectivity index (χ0) is 16.6. The third-order valence-corrected chi connectivity index (χ3v) is 6.02. The minimum absolute atomic E-state index is 0.0423. The molecule has 2 aliphatic rings. The molecule has 1 amide bonds. The number of hydrogen-bond acceptors (Lipinski definition) is 4. The number of rotatable bonds is 4. The highest BCUT2D eigenvalue weighted by atomic mass is 32.2. The summed E-state index contributed by atoms with van der Waals surface area (Å²) < 4.78 is 27.0. The van der Waals surface area contributed by atoms with Crippen molar-refractivity contribution in [2.75, 3.05) is 19.3 Å². The number of aryl methyl sites for hydroxylation is 1. The second-order valence-electron chi connectivity index (χ2n) is 6.60. The first-order valence-electron chi connectivity index (χ1n) is 8.12. The highest BCUT2D eigenvalue weighted by Gasteiger charge is 2.41. The van der Waals surface area contributed by atoms with E-state index in [1.807, 2.05) is 28.9 Å². The van der Waals surface area contributed by atoms with E-state index in [1.54, 1.807) is 0 Å². The SMILES string of the molecule is Cc1cnn(C[C@@H]2CCCN2C(=O)[C@H]2CCCN2S(C)(=O)=O)c1. The van der Waals surface area contributed by atoms with Crippen LogP contribution in [0.3, 0.4) is 0 Å². The largest absolute Gasteiger partial charge is 0.336 e. The summed E-state index contributed by atoms with van der Waals surface area (Å²) in [5, 5.41) is 4.30. The predicted octanol–water partition coefficient (Wildman–Crippen LogP) is 0.607. The Labute approximate surface area is 137 Å². The molecule has 1 aromatic heterocycles. The third-order valence-electron chi connectivity index (χ3n) is 4.74. The summed E-state index contributed by atoms with van der Waals surface area (Å²) in [6.07, 6.45) is 8.24. The van der Waals surface area contributed by atoms with Crippen LogP contribution in [0.5, 0.6) is 0 Å². The van der Waals surface area contributed by atoms with Crippen LogP contribution in [0.4, 0.5) is 0 Å². The van der Waals surface area contributed by atoms with Gasteiger partial charge in [0.05, 0.1) is 25.0 Å². The van der Waals surface area contributed by atoms with Crippen molar-refractivity contribution in [3.05, 3.63) is 18.0 Å². The maximum atomic E-state index is 12.9. The lowest BCUT2D eigenvalue weighted by molar-refractivity contribution is -0.135. The lowest BCUT2D eigenvalue weighted by atomic mass is 10.1. The van der Waals surface area contributed by atoms with Crippen LogP contribution in [-0.4, -0.2) is 64.7 Å². The summed E-state index contributed by atoms with van der Waals surface area (Å²) >= 11 is 0. The first-order valence-corrected chi connectivity index (χ1v) is 9.97. The van der Waals surface area contributed by atoms with Crippen LogP contribution in [0, 0.1) is 6.92 Å². The molecule has 3 rings (SSSR count). The van der Waals surface area contributed by atoms with Gasteiger partial charge in [-0.1, -0.05) is 0 Å². The van der Waals surface area contributed by atoms with Crippen LogP contribution in [0.1, 0.15) is 31.2 Å². The summed E-state index contributed by atoms with van der Waals surface area (Å²) in [6, 6.07) is -0.422. The maximum absolute atomic E-state index is 12.9. The molecule has 2 atom stereocenters. The van der Waals surface area contributed by atoms with E-state index >= 15 is 0 Å². The van der Waals surface area contributed by atoms with E-state index in [4.69, 9.17) is 0 Å². The van der Waals surface area contributed by atoms with Gasteiger partial charge in [-0.3, -0.25) is 9.48 Å². The number of aromatic nitrogens is 2. The first kappa shape index (κ1) is 16.4. The topological polar surface area (TPSA) is 75.5 Å². The average molecular weight is 340 g/mol. The van der Waals surface area contributed by atoms with Gasteiger partial charge in [0.1, 0.15) is 6.04 Å². The summed E-state index contributed by atoms with van der Waals surface area (Å²) in [7, 11) is -3.33. The van der Waals surface area contributed by atoms with Crippen molar-refractivity contribution in [1.29, 1.82) is 0 Å². The van der Waals surface area contributed by atoms with Gasteiger partial charge in [0, 0.05) is 19.3 Å². The van der Waals surface area contributed by atoms with E-state index < -0.39 is 16.1 Å². The highest BCUT2D eigenvalue weighted by molar-refractivity contribution is 7.88. The second kappa shape index (κ2) is 6.24. The molecule has 1 aromatic rings. The van der Waals surface area contributed by atoms with Crippen molar-refractivity contribution >= 4 is 15.9 Å². The molecule has 3 heterocycles. The molecular weight excluding hydrogens is 316 g/mol. The Morgan fingerprint density at radius 3 is 2.70 bits per heavy atom. The summed E-state index contributed by atoms with van der Waals surface area (Å²) in [5.41, 5.74) is 1.10. The first-order chi connectivity index (χ1) is 10.9. The fourth-order valence-electron chi connectivity index (χ4n) is 3.67. The smallest absolute Gasteiger partial charge is 0.241 e. The monoisotopic (exact) mass is 340 g/mol. The second-order valence-corrected chi connectivity index (χ2v) is 8.53. The van der Waals surface area contributed by atoms with Gasteiger partial charge in [-0.25, -0.2) is 8.42 Å². The lowest BCUT2D eigenvalue weighted by Gasteiger charge is -2.30. The molecule has 0 aromatic carbocycles. The summed E-state index contributed by atoms with van der Waals surface area (Å²) in [6.45, 7) is 3.82. The Hall–Kier alpha value is -1.41. The zero-order valence-corrected chi connectivity index (χ0v) is 14.5. The fourth-order valence-corrected chi connectivity index (χ4v) is 4.79. The van der Waals surface area contributed by atoms with Gasteiger partial charge in [-0.2, -0.15) is 9.40 Å². The van der Waals surface area contributed by atoms with E-state index in [-0.39, 0.29) is 11.9 Å². The fraction of sp³-hybridized carbons (Fsp3) is 0.733. The van der Waals surface area contributed by atoms with Crippen LogP contribution >= 0.6 is 0 Å².